The van der Waals surface area contributed by atoms with Crippen molar-refractivity contribution in [2.75, 3.05) is 13.7 Å². The molecule has 4 atom stereocenters. The second-order valence-electron chi connectivity index (χ2n) is 10.5. The molecule has 0 radical (unpaired) electrons. The fourth-order valence-corrected chi connectivity index (χ4v) is 5.78. The fourth-order valence-electron chi connectivity index (χ4n) is 5.78. The van der Waals surface area contributed by atoms with Crippen LogP contribution in [0.1, 0.15) is 71.8 Å². The summed E-state index contributed by atoms with van der Waals surface area (Å²) in [6.45, 7) is 9.21. The average Bonchev–Trinajstić information content (AvgIpc) is 2.84. The van der Waals surface area contributed by atoms with Gasteiger partial charge in [-0.2, -0.15) is 0 Å². The highest BCUT2D eigenvalue weighted by molar-refractivity contribution is 5.87. The molecule has 4 nitrogen and oxygen atoms in total. The number of rotatable bonds is 8. The molecule has 0 aliphatic heterocycles. The molecule has 3 rings (SSSR count). The van der Waals surface area contributed by atoms with Crippen molar-refractivity contribution in [2.24, 2.45) is 22.7 Å². The van der Waals surface area contributed by atoms with E-state index in [0.29, 0.717) is 5.92 Å². The SMILES string of the molecule is COC(=O)[C@@]1(C)CCC=C2[C@H]1CC[C@@H](C)[C@]2(C)CCC(C)=CCOC(=O)C=Cc1ccccc1. The summed E-state index contributed by atoms with van der Waals surface area (Å²) in [4.78, 5) is 24.7. The van der Waals surface area contributed by atoms with Gasteiger partial charge in [-0.05, 0) is 87.3 Å². The minimum Gasteiger partial charge on any atom is -0.469 e. The number of allylic oxidation sites excluding steroid dienone is 3. The molecule has 0 saturated heterocycles. The Morgan fingerprint density at radius 1 is 1.15 bits per heavy atom. The van der Waals surface area contributed by atoms with Crippen LogP contribution in [0.25, 0.3) is 6.08 Å². The number of hydrogen-bond acceptors (Lipinski definition) is 4. The molecule has 2 aliphatic rings. The number of benzene rings is 1. The van der Waals surface area contributed by atoms with Crippen LogP contribution in [0.2, 0.25) is 0 Å². The summed E-state index contributed by atoms with van der Waals surface area (Å²) in [5.41, 5.74) is 3.29. The Morgan fingerprint density at radius 2 is 1.88 bits per heavy atom. The maximum atomic E-state index is 12.7. The maximum Gasteiger partial charge on any atom is 0.331 e. The van der Waals surface area contributed by atoms with Gasteiger partial charge in [0.25, 0.3) is 0 Å². The molecule has 0 heterocycles. The van der Waals surface area contributed by atoms with Crippen molar-refractivity contribution in [1.29, 1.82) is 0 Å². The van der Waals surface area contributed by atoms with E-state index in [-0.39, 0.29) is 29.9 Å². The topological polar surface area (TPSA) is 52.6 Å². The molecular weight excluding hydrogens is 424 g/mol. The van der Waals surface area contributed by atoms with Crippen LogP contribution in [0, 0.1) is 22.7 Å². The van der Waals surface area contributed by atoms with Crippen molar-refractivity contribution < 1.29 is 19.1 Å². The van der Waals surface area contributed by atoms with Crippen molar-refractivity contribution in [2.45, 2.75) is 66.2 Å². The molecule has 1 aromatic carbocycles. The number of methoxy groups -OCH3 is 1. The lowest BCUT2D eigenvalue weighted by Gasteiger charge is -2.53. The number of carbonyl (C=O) groups is 2. The molecule has 0 aromatic heterocycles. The fraction of sp³-hybridized carbons (Fsp3) is 0.533. The van der Waals surface area contributed by atoms with Gasteiger partial charge < -0.3 is 9.47 Å². The first-order chi connectivity index (χ1) is 16.2. The van der Waals surface area contributed by atoms with Crippen LogP contribution in [0.15, 0.2) is 59.7 Å². The largest absolute Gasteiger partial charge is 0.469 e. The summed E-state index contributed by atoms with van der Waals surface area (Å²) in [6.07, 6.45) is 13.6. The minimum atomic E-state index is -0.424. The lowest BCUT2D eigenvalue weighted by atomic mass is 9.51. The second kappa shape index (κ2) is 11.2. The number of carbonyl (C=O) groups excluding carboxylic acids is 2. The molecule has 1 aromatic rings. The first kappa shape index (κ1) is 26.0. The highest BCUT2D eigenvalue weighted by Crippen LogP contribution is 2.58. The first-order valence-electron chi connectivity index (χ1n) is 12.5. The van der Waals surface area contributed by atoms with Crippen LogP contribution in [-0.2, 0) is 19.1 Å². The van der Waals surface area contributed by atoms with Crippen LogP contribution in [0.3, 0.4) is 0 Å². The molecule has 0 N–H and O–H groups in total. The van der Waals surface area contributed by atoms with E-state index in [9.17, 15) is 9.59 Å². The van der Waals surface area contributed by atoms with Gasteiger partial charge in [-0.25, -0.2) is 4.79 Å². The highest BCUT2D eigenvalue weighted by Gasteiger charge is 2.52. The molecule has 0 spiro atoms. The van der Waals surface area contributed by atoms with Gasteiger partial charge in [0.1, 0.15) is 6.61 Å². The third-order valence-corrected chi connectivity index (χ3v) is 8.37. The van der Waals surface area contributed by atoms with Gasteiger partial charge in [-0.3, -0.25) is 4.79 Å². The molecule has 1 saturated carbocycles. The zero-order chi connectivity index (χ0) is 24.8. The van der Waals surface area contributed by atoms with Gasteiger partial charge in [0, 0.05) is 6.08 Å². The monoisotopic (exact) mass is 464 g/mol. The zero-order valence-electron chi connectivity index (χ0n) is 21.4. The molecular formula is C30H40O4. The number of hydrogen-bond donors (Lipinski definition) is 0. The molecule has 1 fully saturated rings. The van der Waals surface area contributed by atoms with E-state index in [4.69, 9.17) is 9.47 Å². The van der Waals surface area contributed by atoms with Crippen LogP contribution in [0.4, 0.5) is 0 Å². The van der Waals surface area contributed by atoms with Crippen molar-refractivity contribution in [1.82, 2.24) is 0 Å². The molecule has 0 unspecified atom stereocenters. The molecule has 0 amide bonds. The summed E-state index contributed by atoms with van der Waals surface area (Å²) in [5.74, 6) is 0.414. The standard InChI is InChI=1S/C30H40O4/c1-22(18-21-34-27(31)16-14-24-10-7-6-8-11-24)17-20-29(3)23(2)13-15-26-25(29)12-9-19-30(26,4)28(32)33-5/h6-8,10-12,14,16,18,23,26H,9,13,15,17,19-21H2,1-5H3/t23-,26-,29+,30+/m1/s1. The number of fused-ring (bicyclic) bond motifs is 1. The van der Waals surface area contributed by atoms with Gasteiger partial charge in [-0.1, -0.05) is 61.4 Å². The summed E-state index contributed by atoms with van der Waals surface area (Å²) >= 11 is 0. The average molecular weight is 465 g/mol. The molecule has 184 valence electrons. The quantitative estimate of drug-likeness (QED) is 0.238. The van der Waals surface area contributed by atoms with Crippen LogP contribution in [0.5, 0.6) is 0 Å². The lowest BCUT2D eigenvalue weighted by molar-refractivity contribution is -0.156. The smallest absolute Gasteiger partial charge is 0.331 e. The zero-order valence-corrected chi connectivity index (χ0v) is 21.4. The number of ether oxygens (including phenoxy) is 2. The lowest BCUT2D eigenvalue weighted by Crippen LogP contribution is -2.47. The van der Waals surface area contributed by atoms with Gasteiger partial charge in [0.2, 0.25) is 0 Å². The van der Waals surface area contributed by atoms with Crippen molar-refractivity contribution in [3.05, 3.63) is 65.3 Å². The Kier molecular flexibility index (Phi) is 8.57. The maximum absolute atomic E-state index is 12.7. The van der Waals surface area contributed by atoms with Crippen molar-refractivity contribution >= 4 is 18.0 Å². The Labute approximate surface area is 205 Å². The van der Waals surface area contributed by atoms with Crippen molar-refractivity contribution in [3.63, 3.8) is 0 Å². The van der Waals surface area contributed by atoms with Crippen molar-refractivity contribution in [3.8, 4) is 0 Å². The number of esters is 2. The van der Waals surface area contributed by atoms with Crippen LogP contribution < -0.4 is 0 Å². The van der Waals surface area contributed by atoms with E-state index < -0.39 is 5.41 Å². The highest BCUT2D eigenvalue weighted by atomic mass is 16.5. The summed E-state index contributed by atoms with van der Waals surface area (Å²) in [6, 6.07) is 9.71. The van der Waals surface area contributed by atoms with Gasteiger partial charge >= 0.3 is 11.9 Å². The Hall–Kier alpha value is -2.62. The second-order valence-corrected chi connectivity index (χ2v) is 10.5. The predicted octanol–water partition coefficient (Wildman–Crippen LogP) is 6.92. The molecule has 0 bridgehead atoms. The van der Waals surface area contributed by atoms with Gasteiger partial charge in [0.15, 0.2) is 0 Å². The van der Waals surface area contributed by atoms with Gasteiger partial charge in [-0.15, -0.1) is 0 Å². The molecule has 4 heteroatoms. The van der Waals surface area contributed by atoms with E-state index in [2.05, 4.69) is 33.8 Å². The van der Waals surface area contributed by atoms with E-state index in [0.717, 1.165) is 44.1 Å². The Balaban J connectivity index is 1.59. The Bertz CT molecular complexity index is 957. The summed E-state index contributed by atoms with van der Waals surface area (Å²) in [7, 11) is 1.51. The Morgan fingerprint density at radius 3 is 2.59 bits per heavy atom. The van der Waals surface area contributed by atoms with Gasteiger partial charge in [0.05, 0.1) is 12.5 Å². The minimum absolute atomic E-state index is 0.0583. The molecule has 34 heavy (non-hydrogen) atoms. The normalized spacial score (nSPS) is 29.3. The van der Waals surface area contributed by atoms with Crippen LogP contribution >= 0.6 is 0 Å². The third kappa shape index (κ3) is 5.71. The predicted molar refractivity (Wildman–Crippen MR) is 137 cm³/mol. The molecule has 2 aliphatic carbocycles. The van der Waals surface area contributed by atoms with Crippen LogP contribution in [-0.4, -0.2) is 25.7 Å². The summed E-state index contributed by atoms with van der Waals surface area (Å²) < 4.78 is 10.6. The van der Waals surface area contributed by atoms with E-state index >= 15 is 0 Å². The first-order valence-corrected chi connectivity index (χ1v) is 12.5. The third-order valence-electron chi connectivity index (χ3n) is 8.37. The van der Waals surface area contributed by atoms with E-state index in [1.54, 1.807) is 6.08 Å². The summed E-state index contributed by atoms with van der Waals surface area (Å²) in [5, 5.41) is 0. The van der Waals surface area contributed by atoms with E-state index in [1.165, 1.54) is 24.3 Å². The van der Waals surface area contributed by atoms with E-state index in [1.807, 2.05) is 36.4 Å².